The number of imidazole rings is 1. The molecule has 7 heteroatoms. The SMILES string of the molecule is CNc1nc(N2CCCCCC2)nc(-n2ccnc2)n1. The molecule has 3 heterocycles. The lowest BCUT2D eigenvalue weighted by molar-refractivity contribution is 0.726. The minimum absolute atomic E-state index is 0.586. The quantitative estimate of drug-likeness (QED) is 0.913. The van der Waals surface area contributed by atoms with Crippen molar-refractivity contribution in [2.45, 2.75) is 25.7 Å². The Bertz CT molecular complexity index is 544. The van der Waals surface area contributed by atoms with Crippen LogP contribution in [0.2, 0.25) is 0 Å². The fourth-order valence-electron chi connectivity index (χ4n) is 2.37. The minimum atomic E-state index is 0.586. The molecule has 1 aliphatic heterocycles. The predicted molar refractivity (Wildman–Crippen MR) is 77.2 cm³/mol. The monoisotopic (exact) mass is 273 g/mol. The normalized spacial score (nSPS) is 15.9. The topological polar surface area (TPSA) is 71.8 Å². The van der Waals surface area contributed by atoms with E-state index in [1.807, 2.05) is 13.2 Å². The molecule has 3 rings (SSSR count). The average Bonchev–Trinajstić information content (AvgIpc) is 2.89. The first-order valence-electron chi connectivity index (χ1n) is 7.04. The lowest BCUT2D eigenvalue weighted by Gasteiger charge is -2.20. The van der Waals surface area contributed by atoms with E-state index in [4.69, 9.17) is 0 Å². The van der Waals surface area contributed by atoms with Gasteiger partial charge in [0.25, 0.3) is 0 Å². The van der Waals surface area contributed by atoms with Gasteiger partial charge in [-0.3, -0.25) is 4.57 Å². The van der Waals surface area contributed by atoms with E-state index in [1.54, 1.807) is 17.1 Å². The maximum absolute atomic E-state index is 4.58. The fraction of sp³-hybridized carbons (Fsp3) is 0.538. The molecule has 0 aliphatic carbocycles. The molecule has 1 N–H and O–H groups in total. The smallest absolute Gasteiger partial charge is 0.241 e. The molecule has 2 aromatic rings. The van der Waals surface area contributed by atoms with Crippen LogP contribution < -0.4 is 10.2 Å². The van der Waals surface area contributed by atoms with Crippen LogP contribution in [0.15, 0.2) is 18.7 Å². The lowest BCUT2D eigenvalue weighted by atomic mass is 10.2. The highest BCUT2D eigenvalue weighted by Crippen LogP contribution is 2.17. The second-order valence-corrected chi connectivity index (χ2v) is 4.88. The first kappa shape index (κ1) is 12.8. The highest BCUT2D eigenvalue weighted by molar-refractivity contribution is 5.40. The molecule has 1 fully saturated rings. The molecule has 0 aromatic carbocycles. The molecule has 0 spiro atoms. The minimum Gasteiger partial charge on any atom is -0.357 e. The van der Waals surface area contributed by atoms with Crippen molar-refractivity contribution >= 4 is 11.9 Å². The third kappa shape index (κ3) is 2.71. The van der Waals surface area contributed by atoms with E-state index in [0.29, 0.717) is 11.9 Å². The summed E-state index contributed by atoms with van der Waals surface area (Å²) in [6, 6.07) is 0. The van der Waals surface area contributed by atoms with Gasteiger partial charge in [0.05, 0.1) is 0 Å². The van der Waals surface area contributed by atoms with E-state index in [-0.39, 0.29) is 0 Å². The van der Waals surface area contributed by atoms with Crippen LogP contribution in [0.25, 0.3) is 5.95 Å². The Morgan fingerprint density at radius 3 is 2.40 bits per heavy atom. The van der Waals surface area contributed by atoms with Crippen molar-refractivity contribution in [2.75, 3.05) is 30.4 Å². The molecule has 1 aliphatic rings. The summed E-state index contributed by atoms with van der Waals surface area (Å²) in [7, 11) is 1.82. The van der Waals surface area contributed by atoms with Crippen LogP contribution in [-0.2, 0) is 0 Å². The van der Waals surface area contributed by atoms with Gasteiger partial charge in [-0.05, 0) is 12.8 Å². The highest BCUT2D eigenvalue weighted by atomic mass is 15.3. The van der Waals surface area contributed by atoms with Crippen molar-refractivity contribution in [3.05, 3.63) is 18.7 Å². The number of nitrogens with one attached hydrogen (secondary N) is 1. The van der Waals surface area contributed by atoms with Gasteiger partial charge in [-0.1, -0.05) is 12.8 Å². The van der Waals surface area contributed by atoms with E-state index < -0.39 is 0 Å². The summed E-state index contributed by atoms with van der Waals surface area (Å²) in [6.07, 6.45) is 10.2. The summed E-state index contributed by atoms with van der Waals surface area (Å²) in [6.45, 7) is 2.02. The average molecular weight is 273 g/mol. The van der Waals surface area contributed by atoms with E-state index in [9.17, 15) is 0 Å². The maximum Gasteiger partial charge on any atom is 0.241 e. The Balaban J connectivity index is 1.95. The van der Waals surface area contributed by atoms with Gasteiger partial charge in [0.2, 0.25) is 17.8 Å². The van der Waals surface area contributed by atoms with Gasteiger partial charge >= 0.3 is 0 Å². The first-order chi connectivity index (χ1) is 9.86. The summed E-state index contributed by atoms with van der Waals surface area (Å²) >= 11 is 0. The number of rotatable bonds is 3. The number of hydrogen-bond acceptors (Lipinski definition) is 6. The Hall–Kier alpha value is -2.18. The number of nitrogens with zero attached hydrogens (tertiary/aromatic N) is 6. The highest BCUT2D eigenvalue weighted by Gasteiger charge is 2.15. The van der Waals surface area contributed by atoms with Gasteiger partial charge in [0.1, 0.15) is 6.33 Å². The standard InChI is InChI=1S/C13H19N7/c1-14-11-16-12(19-7-4-2-3-5-8-19)18-13(17-11)20-9-6-15-10-20/h6,9-10H,2-5,7-8H2,1H3,(H,14,16,17,18). The number of anilines is 2. The second kappa shape index (κ2) is 5.85. The van der Waals surface area contributed by atoms with Crippen molar-refractivity contribution < 1.29 is 0 Å². The van der Waals surface area contributed by atoms with Crippen molar-refractivity contribution in [2.24, 2.45) is 0 Å². The molecular weight excluding hydrogens is 254 g/mol. The summed E-state index contributed by atoms with van der Waals surface area (Å²) in [4.78, 5) is 19.7. The molecule has 0 radical (unpaired) electrons. The van der Waals surface area contributed by atoms with Crippen LogP contribution in [0, 0.1) is 0 Å². The van der Waals surface area contributed by atoms with Crippen LogP contribution in [0.3, 0.4) is 0 Å². The van der Waals surface area contributed by atoms with Gasteiger partial charge < -0.3 is 10.2 Å². The Labute approximate surface area is 118 Å². The van der Waals surface area contributed by atoms with Crippen LogP contribution >= 0.6 is 0 Å². The fourth-order valence-corrected chi connectivity index (χ4v) is 2.37. The summed E-state index contributed by atoms with van der Waals surface area (Å²) < 4.78 is 1.80. The maximum atomic E-state index is 4.58. The number of aromatic nitrogens is 5. The summed E-state index contributed by atoms with van der Waals surface area (Å²) in [5.74, 6) is 1.93. The molecule has 1 saturated heterocycles. The van der Waals surface area contributed by atoms with Crippen molar-refractivity contribution in [1.29, 1.82) is 0 Å². The molecule has 7 nitrogen and oxygen atoms in total. The van der Waals surface area contributed by atoms with E-state index in [2.05, 4.69) is 30.2 Å². The zero-order valence-corrected chi connectivity index (χ0v) is 11.7. The van der Waals surface area contributed by atoms with Crippen molar-refractivity contribution in [1.82, 2.24) is 24.5 Å². The van der Waals surface area contributed by atoms with Gasteiger partial charge in [-0.2, -0.15) is 15.0 Å². The molecule has 0 atom stereocenters. The molecule has 0 amide bonds. The van der Waals surface area contributed by atoms with E-state index >= 15 is 0 Å². The zero-order valence-electron chi connectivity index (χ0n) is 11.7. The van der Waals surface area contributed by atoms with Crippen LogP contribution in [0.1, 0.15) is 25.7 Å². The molecule has 20 heavy (non-hydrogen) atoms. The van der Waals surface area contributed by atoms with E-state index in [0.717, 1.165) is 19.0 Å². The van der Waals surface area contributed by atoms with Crippen molar-refractivity contribution in [3.8, 4) is 5.95 Å². The molecule has 2 aromatic heterocycles. The van der Waals surface area contributed by atoms with E-state index in [1.165, 1.54) is 25.7 Å². The molecule has 0 unspecified atom stereocenters. The summed E-state index contributed by atoms with van der Waals surface area (Å²) in [5, 5.41) is 3.00. The summed E-state index contributed by atoms with van der Waals surface area (Å²) in [5.41, 5.74) is 0. The lowest BCUT2D eigenvalue weighted by Crippen LogP contribution is -2.27. The molecule has 0 bridgehead atoms. The molecular formula is C13H19N7. The second-order valence-electron chi connectivity index (χ2n) is 4.88. The van der Waals surface area contributed by atoms with Gasteiger partial charge in [-0.15, -0.1) is 0 Å². The van der Waals surface area contributed by atoms with Crippen LogP contribution in [-0.4, -0.2) is 44.6 Å². The van der Waals surface area contributed by atoms with Crippen LogP contribution in [0.4, 0.5) is 11.9 Å². The van der Waals surface area contributed by atoms with Gasteiger partial charge in [0, 0.05) is 32.5 Å². The van der Waals surface area contributed by atoms with Crippen molar-refractivity contribution in [3.63, 3.8) is 0 Å². The first-order valence-corrected chi connectivity index (χ1v) is 7.04. The third-order valence-electron chi connectivity index (χ3n) is 3.46. The Morgan fingerprint density at radius 1 is 1.00 bits per heavy atom. The zero-order chi connectivity index (χ0) is 13.8. The largest absolute Gasteiger partial charge is 0.357 e. The molecule has 106 valence electrons. The van der Waals surface area contributed by atoms with Gasteiger partial charge in [0.15, 0.2) is 0 Å². The third-order valence-corrected chi connectivity index (χ3v) is 3.46. The number of hydrogen-bond donors (Lipinski definition) is 1. The Kier molecular flexibility index (Phi) is 3.76. The predicted octanol–water partition coefficient (Wildman–Crippen LogP) is 1.48. The van der Waals surface area contributed by atoms with Crippen LogP contribution in [0.5, 0.6) is 0 Å². The van der Waals surface area contributed by atoms with Gasteiger partial charge in [-0.25, -0.2) is 4.98 Å². The Morgan fingerprint density at radius 2 is 1.75 bits per heavy atom. The molecule has 0 saturated carbocycles.